The van der Waals surface area contributed by atoms with Crippen LogP contribution >= 0.6 is 0 Å². The molecule has 0 aliphatic heterocycles. The molecule has 0 saturated heterocycles. The Bertz CT molecular complexity index is 272. The second-order valence-corrected chi connectivity index (χ2v) is 4.09. The van der Waals surface area contributed by atoms with E-state index in [4.69, 9.17) is 0 Å². The maximum Gasteiger partial charge on any atom is 0.0608 e. The van der Waals surface area contributed by atoms with Crippen LogP contribution in [0.5, 0.6) is 0 Å². The molecule has 0 amide bonds. The fraction of sp³-hybridized carbons (Fsp3) is 0.500. The smallest absolute Gasteiger partial charge is 0.0608 e. The first-order valence-corrected chi connectivity index (χ1v) is 4.99. The standard InChI is InChI=1S/C12H16O/c1-9-2-4-10(5-3-9)8-12(13)11-6-7-11/h2-5,11-13H,6-8H2,1H3/t12-/m0/s1. The minimum Gasteiger partial charge on any atom is -0.392 e. The van der Waals surface area contributed by atoms with Gasteiger partial charge in [-0.3, -0.25) is 0 Å². The highest BCUT2D eigenvalue weighted by molar-refractivity contribution is 5.22. The summed E-state index contributed by atoms with van der Waals surface area (Å²) in [5.74, 6) is 0.585. The van der Waals surface area contributed by atoms with Gasteiger partial charge in [-0.1, -0.05) is 29.8 Å². The molecule has 1 N–H and O–H groups in total. The summed E-state index contributed by atoms with van der Waals surface area (Å²) in [7, 11) is 0. The lowest BCUT2D eigenvalue weighted by Gasteiger charge is -2.08. The molecule has 1 atom stereocenters. The Labute approximate surface area is 79.4 Å². The van der Waals surface area contributed by atoms with Gasteiger partial charge < -0.3 is 5.11 Å². The summed E-state index contributed by atoms with van der Waals surface area (Å²) >= 11 is 0. The molecule has 1 nitrogen and oxygen atoms in total. The van der Waals surface area contributed by atoms with Gasteiger partial charge in [0, 0.05) is 0 Å². The Kier molecular flexibility index (Phi) is 2.36. The van der Waals surface area contributed by atoms with Crippen LogP contribution in [0.15, 0.2) is 24.3 Å². The maximum atomic E-state index is 9.71. The molecule has 0 bridgehead atoms. The summed E-state index contributed by atoms with van der Waals surface area (Å²) < 4.78 is 0. The van der Waals surface area contributed by atoms with Crippen LogP contribution in [0, 0.1) is 12.8 Å². The van der Waals surface area contributed by atoms with Gasteiger partial charge in [-0.25, -0.2) is 0 Å². The Hall–Kier alpha value is -0.820. The largest absolute Gasteiger partial charge is 0.392 e. The average molecular weight is 176 g/mol. The zero-order valence-corrected chi connectivity index (χ0v) is 8.03. The van der Waals surface area contributed by atoms with Crippen molar-refractivity contribution in [3.05, 3.63) is 35.4 Å². The average Bonchev–Trinajstić information content (AvgIpc) is 2.91. The molecule has 0 spiro atoms. The first-order valence-electron chi connectivity index (χ1n) is 4.99. The topological polar surface area (TPSA) is 20.2 Å². The number of aliphatic hydroxyl groups excluding tert-OH is 1. The summed E-state index contributed by atoms with van der Waals surface area (Å²) in [4.78, 5) is 0. The quantitative estimate of drug-likeness (QED) is 0.749. The second-order valence-electron chi connectivity index (χ2n) is 4.09. The predicted octanol–water partition coefficient (Wildman–Crippen LogP) is 2.31. The van der Waals surface area contributed by atoms with E-state index in [2.05, 4.69) is 31.2 Å². The van der Waals surface area contributed by atoms with Crippen LogP contribution in [-0.2, 0) is 6.42 Å². The molecule has 2 rings (SSSR count). The Morgan fingerprint density at radius 2 is 1.92 bits per heavy atom. The predicted molar refractivity (Wildman–Crippen MR) is 53.6 cm³/mol. The van der Waals surface area contributed by atoms with Gasteiger partial charge in [-0.2, -0.15) is 0 Å². The van der Waals surface area contributed by atoms with Gasteiger partial charge in [0.25, 0.3) is 0 Å². The van der Waals surface area contributed by atoms with Gasteiger partial charge in [0.1, 0.15) is 0 Å². The van der Waals surface area contributed by atoms with Gasteiger partial charge in [0.15, 0.2) is 0 Å². The summed E-state index contributed by atoms with van der Waals surface area (Å²) in [6.07, 6.45) is 3.15. The fourth-order valence-electron chi connectivity index (χ4n) is 1.61. The molecule has 1 aromatic rings. The van der Waals surface area contributed by atoms with E-state index in [1.165, 1.54) is 24.0 Å². The number of aliphatic hydroxyl groups is 1. The molecule has 1 saturated carbocycles. The highest BCUT2D eigenvalue weighted by atomic mass is 16.3. The molecule has 0 radical (unpaired) electrons. The Morgan fingerprint density at radius 3 is 2.46 bits per heavy atom. The van der Waals surface area contributed by atoms with Crippen LogP contribution in [0.4, 0.5) is 0 Å². The second kappa shape index (κ2) is 3.51. The van der Waals surface area contributed by atoms with Crippen LogP contribution in [0.1, 0.15) is 24.0 Å². The summed E-state index contributed by atoms with van der Waals surface area (Å²) in [5.41, 5.74) is 2.54. The van der Waals surface area contributed by atoms with E-state index in [1.54, 1.807) is 0 Å². The van der Waals surface area contributed by atoms with Crippen molar-refractivity contribution in [2.24, 2.45) is 5.92 Å². The molecule has 1 heteroatoms. The summed E-state index contributed by atoms with van der Waals surface area (Å²) in [5, 5.41) is 9.71. The van der Waals surface area contributed by atoms with Crippen molar-refractivity contribution >= 4 is 0 Å². The van der Waals surface area contributed by atoms with Crippen molar-refractivity contribution < 1.29 is 5.11 Å². The number of benzene rings is 1. The van der Waals surface area contributed by atoms with Crippen molar-refractivity contribution in [3.63, 3.8) is 0 Å². The van der Waals surface area contributed by atoms with Gasteiger partial charge in [-0.15, -0.1) is 0 Å². The van der Waals surface area contributed by atoms with E-state index in [-0.39, 0.29) is 6.10 Å². The van der Waals surface area contributed by atoms with E-state index < -0.39 is 0 Å². The van der Waals surface area contributed by atoms with Crippen molar-refractivity contribution in [3.8, 4) is 0 Å². The van der Waals surface area contributed by atoms with Gasteiger partial charge in [-0.05, 0) is 37.7 Å². The number of aryl methyl sites for hydroxylation is 1. The third-order valence-corrected chi connectivity index (χ3v) is 2.73. The number of hydrogen-bond acceptors (Lipinski definition) is 1. The van der Waals surface area contributed by atoms with Crippen LogP contribution in [0.2, 0.25) is 0 Å². The van der Waals surface area contributed by atoms with E-state index >= 15 is 0 Å². The normalized spacial score (nSPS) is 18.6. The van der Waals surface area contributed by atoms with Crippen LogP contribution in [0.3, 0.4) is 0 Å². The third kappa shape index (κ3) is 2.31. The highest BCUT2D eigenvalue weighted by Crippen LogP contribution is 2.33. The van der Waals surface area contributed by atoms with Gasteiger partial charge in [0.05, 0.1) is 6.10 Å². The molecular weight excluding hydrogens is 160 g/mol. The first-order chi connectivity index (χ1) is 6.25. The highest BCUT2D eigenvalue weighted by Gasteiger charge is 2.29. The molecule has 70 valence electrons. The lowest BCUT2D eigenvalue weighted by Crippen LogP contribution is -2.12. The molecule has 0 aromatic heterocycles. The fourth-order valence-corrected chi connectivity index (χ4v) is 1.61. The molecule has 1 aliphatic rings. The molecule has 1 aliphatic carbocycles. The monoisotopic (exact) mass is 176 g/mol. The minimum atomic E-state index is -0.109. The molecule has 1 fully saturated rings. The van der Waals surface area contributed by atoms with E-state index in [1.807, 2.05) is 0 Å². The number of rotatable bonds is 3. The third-order valence-electron chi connectivity index (χ3n) is 2.73. The Balaban J connectivity index is 1.96. The Morgan fingerprint density at radius 1 is 1.31 bits per heavy atom. The van der Waals surface area contributed by atoms with E-state index in [0.29, 0.717) is 5.92 Å². The number of hydrogen-bond donors (Lipinski definition) is 1. The van der Waals surface area contributed by atoms with Gasteiger partial charge >= 0.3 is 0 Å². The SMILES string of the molecule is Cc1ccc(C[C@H](O)C2CC2)cc1. The molecular formula is C12H16O. The molecule has 13 heavy (non-hydrogen) atoms. The van der Waals surface area contributed by atoms with Crippen molar-refractivity contribution in [2.45, 2.75) is 32.3 Å². The van der Waals surface area contributed by atoms with Crippen LogP contribution in [-0.4, -0.2) is 11.2 Å². The minimum absolute atomic E-state index is 0.109. The van der Waals surface area contributed by atoms with Crippen molar-refractivity contribution in [2.75, 3.05) is 0 Å². The van der Waals surface area contributed by atoms with Gasteiger partial charge in [0.2, 0.25) is 0 Å². The molecule has 0 heterocycles. The van der Waals surface area contributed by atoms with Crippen molar-refractivity contribution in [1.29, 1.82) is 0 Å². The van der Waals surface area contributed by atoms with Crippen LogP contribution in [0.25, 0.3) is 0 Å². The molecule has 1 aromatic carbocycles. The summed E-state index contributed by atoms with van der Waals surface area (Å²) in [6, 6.07) is 8.44. The zero-order valence-electron chi connectivity index (χ0n) is 8.03. The van der Waals surface area contributed by atoms with Crippen LogP contribution < -0.4 is 0 Å². The van der Waals surface area contributed by atoms with E-state index in [9.17, 15) is 5.11 Å². The zero-order chi connectivity index (χ0) is 9.26. The maximum absolute atomic E-state index is 9.71. The molecule has 0 unspecified atom stereocenters. The lowest BCUT2D eigenvalue weighted by molar-refractivity contribution is 0.151. The van der Waals surface area contributed by atoms with Crippen molar-refractivity contribution in [1.82, 2.24) is 0 Å². The summed E-state index contributed by atoms with van der Waals surface area (Å²) in [6.45, 7) is 2.08. The first kappa shape index (κ1) is 8.76. The van der Waals surface area contributed by atoms with E-state index in [0.717, 1.165) is 6.42 Å². The lowest BCUT2D eigenvalue weighted by atomic mass is 10.0.